The Hall–Kier alpha value is -1.70. The molecule has 0 heterocycles. The van der Waals surface area contributed by atoms with Gasteiger partial charge < -0.3 is 0 Å². The molecule has 0 bridgehead atoms. The van der Waals surface area contributed by atoms with E-state index < -0.39 is 0 Å². The summed E-state index contributed by atoms with van der Waals surface area (Å²) >= 11 is 0. The third kappa shape index (κ3) is 3.66. The molecule has 1 aromatic carbocycles. The molecule has 0 aliphatic heterocycles. The Bertz CT molecular complexity index is 510. The zero-order chi connectivity index (χ0) is 13.7. The quantitative estimate of drug-likeness (QED) is 0.720. The third-order valence-corrected chi connectivity index (χ3v) is 2.83. The third-order valence-electron chi connectivity index (χ3n) is 2.83. The maximum absolute atomic E-state index is 13.4. The van der Waals surface area contributed by atoms with Crippen molar-refractivity contribution in [1.82, 2.24) is 0 Å². The molecule has 0 N–H and O–H groups in total. The lowest BCUT2D eigenvalue weighted by molar-refractivity contribution is -0.116. The highest BCUT2D eigenvalue weighted by Gasteiger charge is 2.06. The summed E-state index contributed by atoms with van der Waals surface area (Å²) in [5, 5.41) is 0. The number of allylic oxidation sites excluding steroid dienone is 4. The van der Waals surface area contributed by atoms with E-state index in [0.717, 1.165) is 16.7 Å². The van der Waals surface area contributed by atoms with E-state index >= 15 is 0 Å². The van der Waals surface area contributed by atoms with Crippen LogP contribution in [0.5, 0.6) is 0 Å². The number of aryl methyl sites for hydroxylation is 2. The second-order valence-electron chi connectivity index (χ2n) is 4.47. The Labute approximate surface area is 108 Å². The second kappa shape index (κ2) is 6.29. The van der Waals surface area contributed by atoms with E-state index in [1.165, 1.54) is 0 Å². The molecule has 1 aromatic rings. The maximum Gasteiger partial charge on any atom is 0.133 e. The zero-order valence-corrected chi connectivity index (χ0v) is 11.4. The van der Waals surface area contributed by atoms with E-state index in [2.05, 4.69) is 0 Å². The Morgan fingerprint density at radius 3 is 2.50 bits per heavy atom. The second-order valence-corrected chi connectivity index (χ2v) is 4.47. The molecule has 0 atom stereocenters. The van der Waals surface area contributed by atoms with Gasteiger partial charge >= 0.3 is 0 Å². The van der Waals surface area contributed by atoms with Crippen molar-refractivity contribution in [3.63, 3.8) is 0 Å². The minimum atomic E-state index is -0.181. The molecular formula is C16H19FO. The van der Waals surface area contributed by atoms with Crippen LogP contribution < -0.4 is 0 Å². The van der Waals surface area contributed by atoms with E-state index in [4.69, 9.17) is 0 Å². The number of rotatable bonds is 4. The number of halogens is 1. The van der Waals surface area contributed by atoms with Crippen LogP contribution in [0.2, 0.25) is 0 Å². The van der Waals surface area contributed by atoms with Gasteiger partial charge in [0.1, 0.15) is 11.6 Å². The smallest absolute Gasteiger partial charge is 0.133 e. The number of Topliss-reactive ketones (excluding diaryl/α,β-unsaturated/α-hetero) is 1. The predicted molar refractivity (Wildman–Crippen MR) is 74.0 cm³/mol. The van der Waals surface area contributed by atoms with Crippen LogP contribution in [0.15, 0.2) is 30.4 Å². The van der Waals surface area contributed by atoms with Crippen LogP contribution in [0.1, 0.15) is 37.0 Å². The molecule has 0 aromatic heterocycles. The van der Waals surface area contributed by atoms with Crippen LogP contribution in [-0.4, -0.2) is 5.78 Å². The summed E-state index contributed by atoms with van der Waals surface area (Å²) in [6.45, 7) is 7.14. The van der Waals surface area contributed by atoms with Gasteiger partial charge in [-0.05, 0) is 62.1 Å². The number of carbonyl (C=O) groups is 1. The number of benzene rings is 1. The van der Waals surface area contributed by atoms with Gasteiger partial charge in [0.05, 0.1) is 0 Å². The number of hydrogen-bond donors (Lipinski definition) is 0. The van der Waals surface area contributed by atoms with E-state index in [0.29, 0.717) is 12.0 Å². The monoisotopic (exact) mass is 246 g/mol. The van der Waals surface area contributed by atoms with Gasteiger partial charge in [0.15, 0.2) is 0 Å². The molecule has 0 amide bonds. The van der Waals surface area contributed by atoms with Crippen molar-refractivity contribution in [1.29, 1.82) is 0 Å². The molecule has 18 heavy (non-hydrogen) atoms. The van der Waals surface area contributed by atoms with Gasteiger partial charge in [-0.3, -0.25) is 4.79 Å². The molecule has 0 saturated heterocycles. The lowest BCUT2D eigenvalue weighted by Crippen LogP contribution is -1.92. The van der Waals surface area contributed by atoms with Crippen LogP contribution in [0.4, 0.5) is 4.39 Å². The van der Waals surface area contributed by atoms with Crippen molar-refractivity contribution < 1.29 is 9.18 Å². The van der Waals surface area contributed by atoms with Gasteiger partial charge in [-0.15, -0.1) is 0 Å². The van der Waals surface area contributed by atoms with Gasteiger partial charge in [0.2, 0.25) is 0 Å². The van der Waals surface area contributed by atoms with Gasteiger partial charge in [0.25, 0.3) is 0 Å². The Kier molecular flexibility index (Phi) is 5.02. The van der Waals surface area contributed by atoms with Crippen LogP contribution >= 0.6 is 0 Å². The average Bonchev–Trinajstić information content (AvgIpc) is 2.30. The molecule has 1 rings (SSSR count). The first-order valence-corrected chi connectivity index (χ1v) is 6.05. The van der Waals surface area contributed by atoms with E-state index in [1.54, 1.807) is 19.9 Å². The first-order valence-electron chi connectivity index (χ1n) is 6.05. The molecule has 0 aliphatic rings. The molecule has 2 heteroatoms. The lowest BCUT2D eigenvalue weighted by atomic mass is 9.97. The first-order chi connectivity index (χ1) is 8.45. The summed E-state index contributed by atoms with van der Waals surface area (Å²) in [6, 6.07) is 3.39. The van der Waals surface area contributed by atoms with Gasteiger partial charge in [-0.25, -0.2) is 4.39 Å². The zero-order valence-electron chi connectivity index (χ0n) is 11.4. The van der Waals surface area contributed by atoms with Gasteiger partial charge in [0, 0.05) is 6.42 Å². The highest BCUT2D eigenvalue weighted by atomic mass is 19.1. The SMILES string of the molecule is C/C=C(\C=C/CC(C)=O)c1cc(C)c(F)cc1C. The molecule has 0 aliphatic carbocycles. The molecule has 0 saturated carbocycles. The number of carbonyl (C=O) groups excluding carboxylic acids is 1. The number of hydrogen-bond acceptors (Lipinski definition) is 1. The first kappa shape index (κ1) is 14.4. The fourth-order valence-electron chi connectivity index (χ4n) is 1.79. The molecule has 0 unspecified atom stereocenters. The molecular weight excluding hydrogens is 227 g/mol. The molecule has 0 spiro atoms. The Morgan fingerprint density at radius 2 is 1.94 bits per heavy atom. The summed E-state index contributed by atoms with van der Waals surface area (Å²) in [7, 11) is 0. The van der Waals surface area contributed by atoms with Crippen LogP contribution in [0.3, 0.4) is 0 Å². The minimum Gasteiger partial charge on any atom is -0.300 e. The standard InChI is InChI=1S/C16H19FO/c1-5-14(8-6-7-13(4)18)15-9-12(3)16(17)10-11(15)2/h5-6,8-10H,7H2,1-4H3/b8-6-,14-5+. The summed E-state index contributed by atoms with van der Waals surface area (Å²) in [6.07, 6.45) is 6.16. The molecule has 1 nitrogen and oxygen atoms in total. The summed E-state index contributed by atoms with van der Waals surface area (Å²) in [5.74, 6) is -0.0480. The summed E-state index contributed by atoms with van der Waals surface area (Å²) in [5.41, 5.74) is 3.56. The molecule has 0 radical (unpaired) electrons. The largest absolute Gasteiger partial charge is 0.300 e. The van der Waals surface area contributed by atoms with Gasteiger partial charge in [-0.1, -0.05) is 18.2 Å². The topological polar surface area (TPSA) is 17.1 Å². The molecule has 0 fully saturated rings. The highest BCUT2D eigenvalue weighted by molar-refractivity contribution is 5.80. The van der Waals surface area contributed by atoms with Crippen LogP contribution in [-0.2, 0) is 4.79 Å². The van der Waals surface area contributed by atoms with Crippen molar-refractivity contribution >= 4 is 11.4 Å². The van der Waals surface area contributed by atoms with E-state index in [1.807, 2.05) is 38.1 Å². The maximum atomic E-state index is 13.4. The van der Waals surface area contributed by atoms with Crippen molar-refractivity contribution in [2.75, 3.05) is 0 Å². The molecule has 96 valence electrons. The van der Waals surface area contributed by atoms with Crippen LogP contribution in [0.25, 0.3) is 5.57 Å². The normalized spacial score (nSPS) is 12.2. The highest BCUT2D eigenvalue weighted by Crippen LogP contribution is 2.23. The van der Waals surface area contributed by atoms with Crippen molar-refractivity contribution in [2.45, 2.75) is 34.1 Å². The fraction of sp³-hybridized carbons (Fsp3) is 0.312. The fourth-order valence-corrected chi connectivity index (χ4v) is 1.79. The van der Waals surface area contributed by atoms with Crippen molar-refractivity contribution in [3.05, 3.63) is 52.9 Å². The van der Waals surface area contributed by atoms with Crippen molar-refractivity contribution in [2.24, 2.45) is 0 Å². The minimum absolute atomic E-state index is 0.133. The van der Waals surface area contributed by atoms with E-state index in [-0.39, 0.29) is 11.6 Å². The predicted octanol–water partition coefficient (Wildman–Crippen LogP) is 4.38. The average molecular weight is 246 g/mol. The van der Waals surface area contributed by atoms with Crippen LogP contribution in [0, 0.1) is 19.7 Å². The summed E-state index contributed by atoms with van der Waals surface area (Å²) < 4.78 is 13.4. The Morgan fingerprint density at radius 1 is 1.28 bits per heavy atom. The van der Waals surface area contributed by atoms with Crippen molar-refractivity contribution in [3.8, 4) is 0 Å². The summed E-state index contributed by atoms with van der Waals surface area (Å²) in [4.78, 5) is 10.9. The van der Waals surface area contributed by atoms with Gasteiger partial charge in [-0.2, -0.15) is 0 Å². The lowest BCUT2D eigenvalue weighted by Gasteiger charge is -2.09. The Balaban J connectivity index is 3.07. The van der Waals surface area contributed by atoms with E-state index in [9.17, 15) is 9.18 Å². The number of ketones is 1.